The van der Waals surface area contributed by atoms with Crippen molar-refractivity contribution in [3.63, 3.8) is 0 Å². The maximum absolute atomic E-state index is 13.4. The molecule has 138 valence electrons. The average Bonchev–Trinajstić information content (AvgIpc) is 3.19. The summed E-state index contributed by atoms with van der Waals surface area (Å²) in [6.45, 7) is 0.186. The van der Waals surface area contributed by atoms with Gasteiger partial charge in [-0.15, -0.1) is 0 Å². The van der Waals surface area contributed by atoms with E-state index in [1.54, 1.807) is 12.1 Å². The summed E-state index contributed by atoms with van der Waals surface area (Å²) < 4.78 is 31.9. The summed E-state index contributed by atoms with van der Waals surface area (Å²) in [5.74, 6) is -2.50. The van der Waals surface area contributed by atoms with Crippen LogP contribution >= 0.6 is 0 Å². The second-order valence-electron chi connectivity index (χ2n) is 6.50. The molecule has 3 aromatic rings. The number of para-hydroxylation sites is 1. The lowest BCUT2D eigenvalue weighted by atomic mass is 9.90. The number of halogens is 2. The Morgan fingerprint density at radius 2 is 2.19 bits per heavy atom. The van der Waals surface area contributed by atoms with Crippen LogP contribution in [0, 0.1) is 0 Å². The van der Waals surface area contributed by atoms with Gasteiger partial charge >= 0.3 is 0 Å². The Hall–Kier alpha value is -3.09. The molecule has 5 nitrogen and oxygen atoms in total. The third-order valence-corrected chi connectivity index (χ3v) is 4.61. The van der Waals surface area contributed by atoms with Crippen molar-refractivity contribution in [1.82, 2.24) is 15.3 Å². The first-order valence-corrected chi connectivity index (χ1v) is 8.64. The molecule has 0 saturated carbocycles. The Morgan fingerprint density at radius 3 is 2.93 bits per heavy atom. The number of carbonyl (C=O) groups is 1. The van der Waals surface area contributed by atoms with E-state index in [0.29, 0.717) is 23.4 Å². The van der Waals surface area contributed by atoms with Crippen molar-refractivity contribution < 1.29 is 18.0 Å². The van der Waals surface area contributed by atoms with Gasteiger partial charge in [0.05, 0.1) is 23.8 Å². The molecule has 0 atom stereocenters. The third-order valence-electron chi connectivity index (χ3n) is 4.61. The van der Waals surface area contributed by atoms with Crippen LogP contribution in [-0.4, -0.2) is 21.8 Å². The average molecular weight is 369 g/mol. The molecule has 2 heterocycles. The SMILES string of the molecule is O=C(NCc1ncco1)c1cnc2c(C3=CCC(F)(F)CC3)cccc2c1. The van der Waals surface area contributed by atoms with Gasteiger partial charge in [0.15, 0.2) is 0 Å². The van der Waals surface area contributed by atoms with Crippen LogP contribution in [0.2, 0.25) is 0 Å². The van der Waals surface area contributed by atoms with Crippen LogP contribution < -0.4 is 5.32 Å². The van der Waals surface area contributed by atoms with Crippen LogP contribution in [0.15, 0.2) is 53.4 Å². The predicted octanol–water partition coefficient (Wildman–Crippen LogP) is 4.36. The first kappa shape index (κ1) is 17.3. The molecule has 0 radical (unpaired) electrons. The van der Waals surface area contributed by atoms with E-state index in [-0.39, 0.29) is 25.3 Å². The van der Waals surface area contributed by atoms with E-state index in [9.17, 15) is 13.6 Å². The fourth-order valence-corrected chi connectivity index (χ4v) is 3.18. The summed E-state index contributed by atoms with van der Waals surface area (Å²) in [6, 6.07) is 7.33. The molecule has 1 aliphatic carbocycles. The maximum atomic E-state index is 13.4. The molecule has 4 rings (SSSR count). The second kappa shape index (κ2) is 6.90. The lowest BCUT2D eigenvalue weighted by Gasteiger charge is -2.22. The smallest absolute Gasteiger partial charge is 0.253 e. The molecule has 1 N–H and O–H groups in total. The fourth-order valence-electron chi connectivity index (χ4n) is 3.18. The number of allylic oxidation sites excluding steroid dienone is 2. The molecule has 0 fully saturated rings. The summed E-state index contributed by atoms with van der Waals surface area (Å²) in [6.07, 6.45) is 5.95. The quantitative estimate of drug-likeness (QED) is 0.742. The molecule has 1 aromatic carbocycles. The van der Waals surface area contributed by atoms with Crippen molar-refractivity contribution in [3.05, 3.63) is 66.0 Å². The van der Waals surface area contributed by atoms with Crippen LogP contribution in [0.4, 0.5) is 8.78 Å². The molecule has 1 amide bonds. The van der Waals surface area contributed by atoms with Gasteiger partial charge in [-0.05, 0) is 18.1 Å². The van der Waals surface area contributed by atoms with Crippen molar-refractivity contribution >= 4 is 22.4 Å². The summed E-state index contributed by atoms with van der Waals surface area (Å²) in [4.78, 5) is 20.7. The maximum Gasteiger partial charge on any atom is 0.253 e. The topological polar surface area (TPSA) is 68.0 Å². The highest BCUT2D eigenvalue weighted by Gasteiger charge is 2.31. The Bertz CT molecular complexity index is 1010. The van der Waals surface area contributed by atoms with Crippen LogP contribution in [0.1, 0.15) is 41.1 Å². The number of hydrogen-bond donors (Lipinski definition) is 1. The van der Waals surface area contributed by atoms with E-state index in [1.807, 2.05) is 18.2 Å². The first-order valence-electron chi connectivity index (χ1n) is 8.64. The van der Waals surface area contributed by atoms with Gasteiger partial charge in [0.2, 0.25) is 5.89 Å². The number of benzene rings is 1. The molecule has 0 aliphatic heterocycles. The molecule has 0 bridgehead atoms. The van der Waals surface area contributed by atoms with Gasteiger partial charge < -0.3 is 9.73 Å². The molecular weight excluding hydrogens is 352 g/mol. The van der Waals surface area contributed by atoms with E-state index < -0.39 is 5.92 Å². The zero-order valence-corrected chi connectivity index (χ0v) is 14.4. The lowest BCUT2D eigenvalue weighted by molar-refractivity contribution is -0.00602. The summed E-state index contributed by atoms with van der Waals surface area (Å²) >= 11 is 0. The number of alkyl halides is 2. The number of oxazole rings is 1. The number of amides is 1. The number of carbonyl (C=O) groups excluding carboxylic acids is 1. The monoisotopic (exact) mass is 369 g/mol. The van der Waals surface area contributed by atoms with E-state index in [2.05, 4.69) is 15.3 Å². The van der Waals surface area contributed by atoms with Gasteiger partial charge in [-0.25, -0.2) is 13.8 Å². The second-order valence-corrected chi connectivity index (χ2v) is 6.50. The first-order chi connectivity index (χ1) is 13.0. The number of nitrogens with zero attached hydrogens (tertiary/aromatic N) is 2. The van der Waals surface area contributed by atoms with Gasteiger partial charge in [0.1, 0.15) is 6.26 Å². The number of fused-ring (bicyclic) bond motifs is 1. The third kappa shape index (κ3) is 3.72. The number of rotatable bonds is 4. The van der Waals surface area contributed by atoms with Crippen molar-refractivity contribution in [2.75, 3.05) is 0 Å². The van der Waals surface area contributed by atoms with Gasteiger partial charge in [-0.3, -0.25) is 9.78 Å². The van der Waals surface area contributed by atoms with Crippen LogP contribution in [-0.2, 0) is 6.54 Å². The number of aromatic nitrogens is 2. The molecule has 1 aliphatic rings. The number of hydrogen-bond acceptors (Lipinski definition) is 4. The molecule has 27 heavy (non-hydrogen) atoms. The minimum atomic E-state index is -2.63. The molecular formula is C20H17F2N3O2. The number of pyridine rings is 1. The van der Waals surface area contributed by atoms with E-state index in [1.165, 1.54) is 18.7 Å². The highest BCUT2D eigenvalue weighted by Crippen LogP contribution is 2.37. The highest BCUT2D eigenvalue weighted by molar-refractivity contribution is 5.99. The van der Waals surface area contributed by atoms with Gasteiger partial charge in [-0.2, -0.15) is 0 Å². The molecule has 0 unspecified atom stereocenters. The fraction of sp³-hybridized carbons (Fsp3) is 0.250. The van der Waals surface area contributed by atoms with Crippen molar-refractivity contribution in [2.24, 2.45) is 0 Å². The van der Waals surface area contributed by atoms with Gasteiger partial charge in [0.25, 0.3) is 11.8 Å². The van der Waals surface area contributed by atoms with Crippen molar-refractivity contribution in [2.45, 2.75) is 31.7 Å². The minimum absolute atomic E-state index is 0.156. The zero-order chi connectivity index (χ0) is 18.9. The highest BCUT2D eigenvalue weighted by atomic mass is 19.3. The summed E-state index contributed by atoms with van der Waals surface area (Å²) in [7, 11) is 0. The largest absolute Gasteiger partial charge is 0.447 e. The molecule has 0 spiro atoms. The van der Waals surface area contributed by atoms with Crippen molar-refractivity contribution in [3.8, 4) is 0 Å². The summed E-state index contributed by atoms with van der Waals surface area (Å²) in [5, 5.41) is 3.51. The van der Waals surface area contributed by atoms with Gasteiger partial charge in [-0.1, -0.05) is 24.3 Å². The molecule has 2 aromatic heterocycles. The standard InChI is InChI=1S/C20H17F2N3O2/c21-20(22)6-4-13(5-7-20)16-3-1-2-14-10-15(11-24-18(14)16)19(26)25-12-17-23-8-9-27-17/h1-4,8-11H,5-7,12H2,(H,25,26). The Morgan fingerprint density at radius 1 is 1.30 bits per heavy atom. The van der Waals surface area contributed by atoms with Crippen LogP contribution in [0.25, 0.3) is 16.5 Å². The number of nitrogens with one attached hydrogen (secondary N) is 1. The Labute approximate surface area is 154 Å². The lowest BCUT2D eigenvalue weighted by Crippen LogP contribution is -2.23. The Balaban J connectivity index is 1.58. The summed E-state index contributed by atoms with van der Waals surface area (Å²) in [5.41, 5.74) is 2.84. The van der Waals surface area contributed by atoms with Crippen LogP contribution in [0.5, 0.6) is 0 Å². The van der Waals surface area contributed by atoms with E-state index in [4.69, 9.17) is 4.42 Å². The molecule has 7 heteroatoms. The van der Waals surface area contributed by atoms with E-state index in [0.717, 1.165) is 16.5 Å². The zero-order valence-electron chi connectivity index (χ0n) is 14.4. The van der Waals surface area contributed by atoms with Gasteiger partial charge in [0, 0.05) is 30.0 Å². The minimum Gasteiger partial charge on any atom is -0.447 e. The van der Waals surface area contributed by atoms with Crippen LogP contribution in [0.3, 0.4) is 0 Å². The van der Waals surface area contributed by atoms with E-state index >= 15 is 0 Å². The predicted molar refractivity (Wildman–Crippen MR) is 96.2 cm³/mol. The normalized spacial score (nSPS) is 16.1. The Kier molecular flexibility index (Phi) is 4.43. The molecule has 0 saturated heterocycles. The van der Waals surface area contributed by atoms with Crippen molar-refractivity contribution in [1.29, 1.82) is 0 Å².